The minimum atomic E-state index is -0.343. The zero-order valence-corrected chi connectivity index (χ0v) is 10.6. The summed E-state index contributed by atoms with van der Waals surface area (Å²) in [5, 5.41) is 17.9. The number of anilines is 1. The highest BCUT2D eigenvalue weighted by Gasteiger charge is 2.03. The lowest BCUT2D eigenvalue weighted by molar-refractivity contribution is -0.120. The zero-order chi connectivity index (χ0) is 13.5. The molecule has 19 heavy (non-hydrogen) atoms. The summed E-state index contributed by atoms with van der Waals surface area (Å²) in [7, 11) is 0. The van der Waals surface area contributed by atoms with Crippen LogP contribution in [0.15, 0.2) is 41.0 Å². The van der Waals surface area contributed by atoms with E-state index in [4.69, 9.17) is 4.84 Å². The molecule has 0 aliphatic carbocycles. The van der Waals surface area contributed by atoms with Crippen molar-refractivity contribution < 1.29 is 14.7 Å². The highest BCUT2D eigenvalue weighted by Crippen LogP contribution is 2.12. The predicted octanol–water partition coefficient (Wildman–Crippen LogP) is 1.84. The smallest absolute Gasteiger partial charge is 0.266 e. The molecule has 1 aromatic carbocycles. The maximum atomic E-state index is 11.4. The third kappa shape index (κ3) is 4.07. The number of rotatable bonds is 5. The fourth-order valence-corrected chi connectivity index (χ4v) is 1.77. The highest BCUT2D eigenvalue weighted by atomic mass is 32.1. The fraction of sp³-hybridized carbons (Fsp3) is 0.0833. The first kappa shape index (κ1) is 13.0. The van der Waals surface area contributed by atoms with E-state index in [2.05, 4.69) is 15.5 Å². The number of amides is 1. The van der Waals surface area contributed by atoms with E-state index in [0.717, 1.165) is 0 Å². The van der Waals surface area contributed by atoms with Gasteiger partial charge in [-0.05, 0) is 12.1 Å². The monoisotopic (exact) mass is 277 g/mol. The van der Waals surface area contributed by atoms with Gasteiger partial charge in [0.25, 0.3) is 5.91 Å². The van der Waals surface area contributed by atoms with Gasteiger partial charge < -0.3 is 9.94 Å². The Bertz CT molecular complexity index is 569. The molecule has 0 radical (unpaired) electrons. The molecular formula is C12H11N3O3S. The van der Waals surface area contributed by atoms with E-state index in [9.17, 15) is 9.90 Å². The van der Waals surface area contributed by atoms with Crippen molar-refractivity contribution in [3.05, 3.63) is 41.4 Å². The van der Waals surface area contributed by atoms with Crippen molar-refractivity contribution in [2.45, 2.75) is 0 Å². The Labute approximate surface area is 113 Å². The minimum absolute atomic E-state index is 0.0992. The standard InChI is InChI=1S/C12H11N3O3S/c16-10-4-2-1-3-9(10)7-14-18-8-11(17)15-12-13-5-6-19-12/h1-7,16H,8H2,(H,13,15,17)/b14-7+. The number of aromatic nitrogens is 1. The summed E-state index contributed by atoms with van der Waals surface area (Å²) in [6.07, 6.45) is 2.93. The third-order valence-corrected chi connectivity index (χ3v) is 2.77. The number of carbonyl (C=O) groups is 1. The van der Waals surface area contributed by atoms with Gasteiger partial charge in [-0.2, -0.15) is 0 Å². The summed E-state index contributed by atoms with van der Waals surface area (Å²) in [5.74, 6) is -0.244. The lowest BCUT2D eigenvalue weighted by atomic mass is 10.2. The Morgan fingerprint density at radius 2 is 2.37 bits per heavy atom. The van der Waals surface area contributed by atoms with Crippen LogP contribution in [0.1, 0.15) is 5.56 Å². The van der Waals surface area contributed by atoms with Gasteiger partial charge in [-0.15, -0.1) is 11.3 Å². The van der Waals surface area contributed by atoms with E-state index in [-0.39, 0.29) is 18.3 Å². The van der Waals surface area contributed by atoms with Gasteiger partial charge >= 0.3 is 0 Å². The number of hydrogen-bond donors (Lipinski definition) is 2. The number of phenolic OH excluding ortho intramolecular Hbond substituents is 1. The average molecular weight is 277 g/mol. The van der Waals surface area contributed by atoms with Crippen LogP contribution < -0.4 is 5.32 Å². The average Bonchev–Trinajstić information content (AvgIpc) is 2.89. The molecule has 0 aliphatic rings. The van der Waals surface area contributed by atoms with Crippen molar-refractivity contribution in [2.24, 2.45) is 5.16 Å². The molecule has 2 aromatic rings. The zero-order valence-electron chi connectivity index (χ0n) is 9.81. The molecule has 2 N–H and O–H groups in total. The predicted molar refractivity (Wildman–Crippen MR) is 72.4 cm³/mol. The van der Waals surface area contributed by atoms with Gasteiger partial charge in [0, 0.05) is 17.1 Å². The number of oxime groups is 1. The number of para-hydroxylation sites is 1. The molecule has 0 aliphatic heterocycles. The number of hydrogen-bond acceptors (Lipinski definition) is 6. The molecule has 0 bridgehead atoms. The normalized spacial score (nSPS) is 10.5. The van der Waals surface area contributed by atoms with Crippen LogP contribution in [0.4, 0.5) is 5.13 Å². The number of phenols is 1. The highest BCUT2D eigenvalue weighted by molar-refractivity contribution is 7.13. The summed E-state index contributed by atoms with van der Waals surface area (Å²) in [4.78, 5) is 20.1. The van der Waals surface area contributed by atoms with Gasteiger partial charge in [0.2, 0.25) is 0 Å². The van der Waals surface area contributed by atoms with Crippen molar-refractivity contribution in [3.8, 4) is 5.75 Å². The second-order valence-electron chi connectivity index (χ2n) is 3.45. The van der Waals surface area contributed by atoms with Crippen LogP contribution in [0.2, 0.25) is 0 Å². The first-order chi connectivity index (χ1) is 9.25. The molecule has 0 saturated carbocycles. The van der Waals surface area contributed by atoms with Crippen LogP contribution in [0.5, 0.6) is 5.75 Å². The molecule has 1 heterocycles. The molecule has 0 fully saturated rings. The van der Waals surface area contributed by atoms with Gasteiger partial charge in [0.05, 0.1) is 6.21 Å². The maximum Gasteiger partial charge on any atom is 0.266 e. The molecule has 1 aromatic heterocycles. The number of nitrogens with one attached hydrogen (secondary N) is 1. The van der Waals surface area contributed by atoms with Crippen molar-refractivity contribution in [1.82, 2.24) is 4.98 Å². The fourth-order valence-electron chi connectivity index (χ4n) is 1.23. The summed E-state index contributed by atoms with van der Waals surface area (Å²) >= 11 is 1.32. The molecule has 0 atom stereocenters. The van der Waals surface area contributed by atoms with Gasteiger partial charge in [-0.1, -0.05) is 17.3 Å². The van der Waals surface area contributed by atoms with Crippen molar-refractivity contribution in [1.29, 1.82) is 0 Å². The molecule has 7 heteroatoms. The van der Waals surface area contributed by atoms with Crippen LogP contribution in [0.3, 0.4) is 0 Å². The van der Waals surface area contributed by atoms with Gasteiger partial charge in [0.15, 0.2) is 11.7 Å². The van der Waals surface area contributed by atoms with Gasteiger partial charge in [-0.3, -0.25) is 10.1 Å². The van der Waals surface area contributed by atoms with E-state index in [1.807, 2.05) is 0 Å². The van der Waals surface area contributed by atoms with Crippen LogP contribution >= 0.6 is 11.3 Å². The quantitative estimate of drug-likeness (QED) is 0.645. The third-order valence-electron chi connectivity index (χ3n) is 2.08. The van der Waals surface area contributed by atoms with E-state index < -0.39 is 0 Å². The molecule has 0 unspecified atom stereocenters. The molecule has 0 saturated heterocycles. The lowest BCUT2D eigenvalue weighted by Gasteiger charge is -2.00. The van der Waals surface area contributed by atoms with E-state index in [1.54, 1.807) is 29.8 Å². The van der Waals surface area contributed by atoms with Crippen LogP contribution in [-0.2, 0) is 9.63 Å². The SMILES string of the molecule is O=C(CO/N=C/c1ccccc1O)Nc1nccs1. The van der Waals surface area contributed by atoms with Gasteiger partial charge in [0.1, 0.15) is 5.75 Å². The van der Waals surface area contributed by atoms with Gasteiger partial charge in [-0.25, -0.2) is 4.98 Å². The number of benzene rings is 1. The van der Waals surface area contributed by atoms with Crippen LogP contribution in [0, 0.1) is 0 Å². The molecule has 2 rings (SSSR count). The summed E-state index contributed by atoms with van der Waals surface area (Å²) in [6.45, 7) is -0.219. The Hall–Kier alpha value is -2.41. The lowest BCUT2D eigenvalue weighted by Crippen LogP contribution is -2.16. The molecule has 1 amide bonds. The Kier molecular flexibility index (Phi) is 4.46. The molecule has 0 spiro atoms. The van der Waals surface area contributed by atoms with Crippen molar-refractivity contribution in [3.63, 3.8) is 0 Å². The number of thiazole rings is 1. The first-order valence-electron chi connectivity index (χ1n) is 5.38. The summed E-state index contributed by atoms with van der Waals surface area (Å²) in [6, 6.07) is 6.68. The van der Waals surface area contributed by atoms with E-state index >= 15 is 0 Å². The second kappa shape index (κ2) is 6.50. The molecule has 6 nitrogen and oxygen atoms in total. The van der Waals surface area contributed by atoms with E-state index in [1.165, 1.54) is 23.6 Å². The Morgan fingerprint density at radius 1 is 1.53 bits per heavy atom. The molecule has 98 valence electrons. The number of aromatic hydroxyl groups is 1. The van der Waals surface area contributed by atoms with Crippen molar-refractivity contribution in [2.75, 3.05) is 11.9 Å². The first-order valence-corrected chi connectivity index (χ1v) is 6.26. The maximum absolute atomic E-state index is 11.4. The largest absolute Gasteiger partial charge is 0.507 e. The summed E-state index contributed by atoms with van der Waals surface area (Å²) in [5.41, 5.74) is 0.517. The number of nitrogens with zero attached hydrogens (tertiary/aromatic N) is 2. The Balaban J connectivity index is 1.77. The second-order valence-corrected chi connectivity index (χ2v) is 4.35. The van der Waals surface area contributed by atoms with Crippen LogP contribution in [0.25, 0.3) is 0 Å². The van der Waals surface area contributed by atoms with Crippen molar-refractivity contribution >= 4 is 28.6 Å². The van der Waals surface area contributed by atoms with Crippen LogP contribution in [-0.4, -0.2) is 28.8 Å². The minimum Gasteiger partial charge on any atom is -0.507 e. The Morgan fingerprint density at radius 3 is 3.11 bits per heavy atom. The topological polar surface area (TPSA) is 83.8 Å². The molecular weight excluding hydrogens is 266 g/mol. The van der Waals surface area contributed by atoms with E-state index in [0.29, 0.717) is 10.7 Å². The number of carbonyl (C=O) groups excluding carboxylic acids is 1. The summed E-state index contributed by atoms with van der Waals surface area (Å²) < 4.78 is 0.